The Morgan fingerprint density at radius 1 is 1.07 bits per heavy atom. The molecule has 1 aromatic heterocycles. The summed E-state index contributed by atoms with van der Waals surface area (Å²) in [4.78, 5) is 12.2. The zero-order valence-electron chi connectivity index (χ0n) is 15.4. The van der Waals surface area contributed by atoms with Crippen LogP contribution in [0.3, 0.4) is 0 Å². The first-order chi connectivity index (χ1) is 13.9. The van der Waals surface area contributed by atoms with Crippen LogP contribution in [0, 0.1) is 0 Å². The molecule has 0 aliphatic carbocycles. The second kappa shape index (κ2) is 10.6. The van der Waals surface area contributed by atoms with E-state index in [0.29, 0.717) is 31.7 Å². The molecule has 0 fully saturated rings. The third-order valence-corrected chi connectivity index (χ3v) is 6.82. The van der Waals surface area contributed by atoms with Crippen LogP contribution in [-0.2, 0) is 23.3 Å². The van der Waals surface area contributed by atoms with Crippen molar-refractivity contribution in [2.75, 3.05) is 11.1 Å². The topological polar surface area (TPSA) is 59.8 Å². The number of anilines is 1. The summed E-state index contributed by atoms with van der Waals surface area (Å²) in [6.45, 7) is 0. The normalized spacial score (nSPS) is 10.9. The molecule has 0 radical (unpaired) electrons. The molecule has 0 aliphatic rings. The van der Waals surface area contributed by atoms with Gasteiger partial charge in [0.25, 0.3) is 0 Å². The Balaban J connectivity index is 1.50. The van der Waals surface area contributed by atoms with Crippen LogP contribution in [-0.4, -0.2) is 26.4 Å². The molecular formula is C19H17Cl3N4OS2. The summed E-state index contributed by atoms with van der Waals surface area (Å²) < 4.78 is 1.89. The summed E-state index contributed by atoms with van der Waals surface area (Å²) in [5.74, 6) is 2.30. The number of nitrogens with one attached hydrogen (secondary N) is 1. The van der Waals surface area contributed by atoms with Crippen molar-refractivity contribution in [2.24, 2.45) is 7.05 Å². The van der Waals surface area contributed by atoms with Gasteiger partial charge < -0.3 is 9.88 Å². The van der Waals surface area contributed by atoms with Gasteiger partial charge in [0.05, 0.1) is 22.2 Å². The Labute approximate surface area is 192 Å². The molecule has 10 heteroatoms. The summed E-state index contributed by atoms with van der Waals surface area (Å²) in [5.41, 5.74) is 1.62. The van der Waals surface area contributed by atoms with E-state index in [-0.39, 0.29) is 11.7 Å². The largest absolute Gasteiger partial charge is 0.324 e. The highest BCUT2D eigenvalue weighted by atomic mass is 35.5. The van der Waals surface area contributed by atoms with E-state index in [1.165, 1.54) is 11.8 Å². The van der Waals surface area contributed by atoms with Gasteiger partial charge in [0.2, 0.25) is 5.91 Å². The molecule has 0 saturated heterocycles. The van der Waals surface area contributed by atoms with E-state index in [1.54, 1.807) is 30.0 Å². The average Bonchev–Trinajstić information content (AvgIpc) is 3.03. The smallest absolute Gasteiger partial charge is 0.234 e. The lowest BCUT2D eigenvalue weighted by molar-refractivity contribution is -0.113. The monoisotopic (exact) mass is 486 g/mol. The lowest BCUT2D eigenvalue weighted by Crippen LogP contribution is -2.14. The minimum atomic E-state index is -0.153. The fraction of sp³-hybridized carbons (Fsp3) is 0.211. The average molecular weight is 488 g/mol. The van der Waals surface area contributed by atoms with Crippen LogP contribution in [0.1, 0.15) is 11.4 Å². The number of benzene rings is 2. The first kappa shape index (κ1) is 22.3. The molecule has 2 aromatic carbocycles. The highest BCUT2D eigenvalue weighted by Gasteiger charge is 2.13. The van der Waals surface area contributed by atoms with Crippen LogP contribution >= 0.6 is 58.3 Å². The zero-order chi connectivity index (χ0) is 20.8. The third kappa shape index (κ3) is 6.30. The Morgan fingerprint density at radius 3 is 2.62 bits per heavy atom. The van der Waals surface area contributed by atoms with Gasteiger partial charge in [-0.1, -0.05) is 64.8 Å². The Hall–Kier alpha value is -1.38. The molecule has 0 bridgehead atoms. The van der Waals surface area contributed by atoms with Crippen molar-refractivity contribution >= 4 is 69.9 Å². The number of amides is 1. The van der Waals surface area contributed by atoms with Gasteiger partial charge in [-0.05, 0) is 29.8 Å². The van der Waals surface area contributed by atoms with Crippen LogP contribution in [0.2, 0.25) is 15.1 Å². The van der Waals surface area contributed by atoms with Crippen molar-refractivity contribution in [1.82, 2.24) is 14.8 Å². The van der Waals surface area contributed by atoms with Gasteiger partial charge in [0, 0.05) is 22.8 Å². The van der Waals surface area contributed by atoms with Crippen LogP contribution < -0.4 is 5.32 Å². The van der Waals surface area contributed by atoms with Crippen LogP contribution in [0.4, 0.5) is 5.69 Å². The van der Waals surface area contributed by atoms with Crippen LogP contribution in [0.15, 0.2) is 47.6 Å². The highest BCUT2D eigenvalue weighted by Crippen LogP contribution is 2.27. The number of hydrogen-bond acceptors (Lipinski definition) is 5. The summed E-state index contributed by atoms with van der Waals surface area (Å²) in [6, 6.07) is 12.6. The van der Waals surface area contributed by atoms with E-state index < -0.39 is 0 Å². The number of hydrogen-bond donors (Lipinski definition) is 1. The quantitative estimate of drug-likeness (QED) is 0.398. The van der Waals surface area contributed by atoms with Crippen molar-refractivity contribution in [3.8, 4) is 0 Å². The van der Waals surface area contributed by atoms with Gasteiger partial charge in [-0.25, -0.2) is 0 Å². The predicted molar refractivity (Wildman–Crippen MR) is 123 cm³/mol. The Morgan fingerprint density at radius 2 is 1.86 bits per heavy atom. The fourth-order valence-corrected chi connectivity index (χ4v) is 4.84. The maximum Gasteiger partial charge on any atom is 0.234 e. The van der Waals surface area contributed by atoms with E-state index in [0.717, 1.165) is 17.1 Å². The molecule has 152 valence electrons. The summed E-state index contributed by atoms with van der Waals surface area (Å²) in [7, 11) is 1.89. The molecule has 0 spiro atoms. The first-order valence-electron chi connectivity index (χ1n) is 8.51. The van der Waals surface area contributed by atoms with E-state index in [2.05, 4.69) is 15.5 Å². The minimum Gasteiger partial charge on any atom is -0.324 e. The van der Waals surface area contributed by atoms with Gasteiger partial charge in [-0.2, -0.15) is 0 Å². The van der Waals surface area contributed by atoms with E-state index in [9.17, 15) is 4.79 Å². The number of halogens is 3. The number of nitrogens with zero attached hydrogens (tertiary/aromatic N) is 3. The van der Waals surface area contributed by atoms with E-state index in [1.807, 2.05) is 35.9 Å². The Bertz CT molecular complexity index is 1010. The first-order valence-corrected chi connectivity index (χ1v) is 11.8. The van der Waals surface area contributed by atoms with Gasteiger partial charge in [0.15, 0.2) is 5.16 Å². The lowest BCUT2D eigenvalue weighted by atomic mass is 10.2. The molecule has 3 rings (SSSR count). The number of rotatable bonds is 8. The van der Waals surface area contributed by atoms with Gasteiger partial charge in [-0.3, -0.25) is 4.79 Å². The molecule has 5 nitrogen and oxygen atoms in total. The molecular weight excluding hydrogens is 471 g/mol. The minimum absolute atomic E-state index is 0.153. The number of para-hydroxylation sites is 1. The molecule has 0 unspecified atom stereocenters. The highest BCUT2D eigenvalue weighted by molar-refractivity contribution is 7.99. The number of thioether (sulfide) groups is 2. The second-order valence-electron chi connectivity index (χ2n) is 6.00. The Kier molecular flexibility index (Phi) is 8.15. The SMILES string of the molecule is Cn1c(CSCc2ccc(Cl)cc2Cl)nnc1SCC(=O)Nc1ccccc1Cl. The fourth-order valence-electron chi connectivity index (χ4n) is 2.37. The summed E-state index contributed by atoms with van der Waals surface area (Å²) >= 11 is 21.2. The predicted octanol–water partition coefficient (Wildman–Crippen LogP) is 5.94. The van der Waals surface area contributed by atoms with Gasteiger partial charge in [-0.15, -0.1) is 22.0 Å². The number of aromatic nitrogens is 3. The molecule has 29 heavy (non-hydrogen) atoms. The van der Waals surface area contributed by atoms with Crippen molar-refractivity contribution in [1.29, 1.82) is 0 Å². The van der Waals surface area contributed by atoms with E-state index >= 15 is 0 Å². The molecule has 1 heterocycles. The van der Waals surface area contributed by atoms with Gasteiger partial charge >= 0.3 is 0 Å². The standard InChI is InChI=1S/C19H17Cl3N4OS2/c1-26-17(10-28-9-12-6-7-13(20)8-15(12)22)24-25-19(26)29-11-18(27)23-16-5-3-2-4-14(16)21/h2-8H,9-11H2,1H3,(H,23,27). The van der Waals surface area contributed by atoms with Crippen molar-refractivity contribution in [3.05, 3.63) is 68.9 Å². The molecule has 0 atom stereocenters. The summed E-state index contributed by atoms with van der Waals surface area (Å²) in [5, 5.41) is 13.7. The maximum atomic E-state index is 12.2. The molecule has 3 aromatic rings. The number of carbonyl (C=O) groups excluding carboxylic acids is 1. The second-order valence-corrected chi connectivity index (χ2v) is 9.18. The van der Waals surface area contributed by atoms with Crippen LogP contribution in [0.25, 0.3) is 0 Å². The zero-order valence-corrected chi connectivity index (χ0v) is 19.3. The lowest BCUT2D eigenvalue weighted by Gasteiger charge is -2.07. The molecule has 1 N–H and O–H groups in total. The molecule has 0 aliphatic heterocycles. The van der Waals surface area contributed by atoms with Crippen LogP contribution in [0.5, 0.6) is 0 Å². The van der Waals surface area contributed by atoms with Crippen molar-refractivity contribution in [3.63, 3.8) is 0 Å². The maximum absolute atomic E-state index is 12.2. The van der Waals surface area contributed by atoms with Gasteiger partial charge in [0.1, 0.15) is 5.82 Å². The van der Waals surface area contributed by atoms with E-state index in [4.69, 9.17) is 34.8 Å². The third-order valence-electron chi connectivity index (χ3n) is 3.91. The summed E-state index contributed by atoms with van der Waals surface area (Å²) in [6.07, 6.45) is 0. The molecule has 0 saturated carbocycles. The molecule has 1 amide bonds. The van der Waals surface area contributed by atoms with Crippen molar-refractivity contribution < 1.29 is 4.79 Å². The van der Waals surface area contributed by atoms with Crippen molar-refractivity contribution in [2.45, 2.75) is 16.7 Å². The number of carbonyl (C=O) groups is 1.